The fraction of sp³-hybridized carbons (Fsp3) is 0.600. The molecule has 1 N–H and O–H groups in total. The standard InChI is InChI=1S/C15H23FN2O2/c1-4-5-6-9-15(2,3)11-17-13-10-12(16)7-8-14(13)18(19)20/h7-8,10,17H,4-6,9,11H2,1-3H3. The zero-order valence-electron chi connectivity index (χ0n) is 12.4. The van der Waals surface area contributed by atoms with Gasteiger partial charge in [-0.25, -0.2) is 4.39 Å². The van der Waals surface area contributed by atoms with Crippen molar-refractivity contribution in [1.82, 2.24) is 0 Å². The van der Waals surface area contributed by atoms with Crippen LogP contribution in [0.25, 0.3) is 0 Å². The van der Waals surface area contributed by atoms with E-state index in [2.05, 4.69) is 26.1 Å². The topological polar surface area (TPSA) is 55.2 Å². The van der Waals surface area contributed by atoms with Crippen LogP contribution in [-0.2, 0) is 0 Å². The molecule has 0 heterocycles. The highest BCUT2D eigenvalue weighted by Gasteiger charge is 2.20. The first-order chi connectivity index (χ1) is 9.35. The Balaban J connectivity index is 2.68. The van der Waals surface area contributed by atoms with E-state index >= 15 is 0 Å². The van der Waals surface area contributed by atoms with Gasteiger partial charge in [0.15, 0.2) is 0 Å². The zero-order valence-corrected chi connectivity index (χ0v) is 12.4. The van der Waals surface area contributed by atoms with Gasteiger partial charge in [0.25, 0.3) is 5.69 Å². The molecule has 1 rings (SSSR count). The monoisotopic (exact) mass is 282 g/mol. The van der Waals surface area contributed by atoms with Crippen LogP contribution in [0.3, 0.4) is 0 Å². The van der Waals surface area contributed by atoms with Crippen LogP contribution in [0.5, 0.6) is 0 Å². The summed E-state index contributed by atoms with van der Waals surface area (Å²) in [5, 5.41) is 13.9. The van der Waals surface area contributed by atoms with Crippen molar-refractivity contribution >= 4 is 11.4 Å². The van der Waals surface area contributed by atoms with Gasteiger partial charge in [0.05, 0.1) is 4.92 Å². The second kappa shape index (κ2) is 7.22. The number of hydrogen-bond donors (Lipinski definition) is 1. The number of nitro groups is 1. The molecule has 0 fully saturated rings. The van der Waals surface area contributed by atoms with Crippen LogP contribution in [0.1, 0.15) is 46.5 Å². The molecule has 1 aromatic rings. The maximum Gasteiger partial charge on any atom is 0.292 e. The third-order valence-corrected chi connectivity index (χ3v) is 3.37. The van der Waals surface area contributed by atoms with Crippen LogP contribution >= 0.6 is 0 Å². The number of nitrogens with zero attached hydrogens (tertiary/aromatic N) is 1. The minimum Gasteiger partial charge on any atom is -0.379 e. The van der Waals surface area contributed by atoms with Gasteiger partial charge in [-0.15, -0.1) is 0 Å². The Morgan fingerprint density at radius 1 is 1.35 bits per heavy atom. The molecular formula is C15H23FN2O2. The molecule has 5 heteroatoms. The van der Waals surface area contributed by atoms with E-state index in [0.29, 0.717) is 6.54 Å². The van der Waals surface area contributed by atoms with E-state index in [-0.39, 0.29) is 16.8 Å². The summed E-state index contributed by atoms with van der Waals surface area (Å²) in [6.45, 7) is 6.96. The Morgan fingerprint density at radius 3 is 2.65 bits per heavy atom. The van der Waals surface area contributed by atoms with Gasteiger partial charge in [-0.05, 0) is 17.9 Å². The molecule has 112 valence electrons. The predicted molar refractivity (Wildman–Crippen MR) is 79.5 cm³/mol. The molecule has 0 radical (unpaired) electrons. The molecule has 0 spiro atoms. The number of benzene rings is 1. The number of halogens is 1. The van der Waals surface area contributed by atoms with E-state index in [1.54, 1.807) is 0 Å². The van der Waals surface area contributed by atoms with Crippen molar-refractivity contribution in [1.29, 1.82) is 0 Å². The smallest absolute Gasteiger partial charge is 0.292 e. The van der Waals surface area contributed by atoms with Crippen molar-refractivity contribution < 1.29 is 9.31 Å². The summed E-state index contributed by atoms with van der Waals surface area (Å²) in [6.07, 6.45) is 4.52. The summed E-state index contributed by atoms with van der Waals surface area (Å²) in [5.41, 5.74) is 0.185. The molecule has 20 heavy (non-hydrogen) atoms. The van der Waals surface area contributed by atoms with Gasteiger partial charge in [-0.1, -0.05) is 40.0 Å². The summed E-state index contributed by atoms with van der Waals surface area (Å²) >= 11 is 0. The first-order valence-corrected chi connectivity index (χ1v) is 7.03. The highest BCUT2D eigenvalue weighted by molar-refractivity contribution is 5.61. The number of nitrogens with one attached hydrogen (secondary N) is 1. The third kappa shape index (κ3) is 5.15. The van der Waals surface area contributed by atoms with Gasteiger partial charge in [0, 0.05) is 18.7 Å². The first-order valence-electron chi connectivity index (χ1n) is 7.03. The van der Waals surface area contributed by atoms with E-state index < -0.39 is 10.7 Å². The fourth-order valence-corrected chi connectivity index (χ4v) is 2.09. The Hall–Kier alpha value is -1.65. The van der Waals surface area contributed by atoms with Crippen molar-refractivity contribution in [3.63, 3.8) is 0 Å². The lowest BCUT2D eigenvalue weighted by Crippen LogP contribution is -2.23. The lowest BCUT2D eigenvalue weighted by atomic mass is 9.87. The third-order valence-electron chi connectivity index (χ3n) is 3.37. The molecule has 0 aliphatic carbocycles. The lowest BCUT2D eigenvalue weighted by Gasteiger charge is -2.25. The second-order valence-electron chi connectivity index (χ2n) is 5.89. The average molecular weight is 282 g/mol. The SMILES string of the molecule is CCCCCC(C)(C)CNc1cc(F)ccc1[N+](=O)[O-]. The highest BCUT2D eigenvalue weighted by Crippen LogP contribution is 2.29. The number of anilines is 1. The first kappa shape index (κ1) is 16.4. The lowest BCUT2D eigenvalue weighted by molar-refractivity contribution is -0.384. The van der Waals surface area contributed by atoms with Gasteiger partial charge in [0.2, 0.25) is 0 Å². The Labute approximate surface area is 119 Å². The molecule has 0 saturated carbocycles. The number of unbranched alkanes of at least 4 members (excludes halogenated alkanes) is 2. The van der Waals surface area contributed by atoms with Gasteiger partial charge in [-0.3, -0.25) is 10.1 Å². The normalized spacial score (nSPS) is 11.4. The predicted octanol–water partition coefficient (Wildman–Crippen LogP) is 4.75. The molecule has 0 saturated heterocycles. The van der Waals surface area contributed by atoms with Crippen molar-refractivity contribution in [2.24, 2.45) is 5.41 Å². The van der Waals surface area contributed by atoms with E-state index in [1.807, 2.05) is 0 Å². The molecule has 1 aromatic carbocycles. The molecule has 0 bridgehead atoms. The molecule has 0 aliphatic rings. The molecular weight excluding hydrogens is 259 g/mol. The largest absolute Gasteiger partial charge is 0.379 e. The van der Waals surface area contributed by atoms with E-state index in [0.717, 1.165) is 18.9 Å². The zero-order chi connectivity index (χ0) is 15.2. The van der Waals surface area contributed by atoms with Crippen LogP contribution in [-0.4, -0.2) is 11.5 Å². The summed E-state index contributed by atoms with van der Waals surface area (Å²) in [6, 6.07) is 3.48. The van der Waals surface area contributed by atoms with E-state index in [4.69, 9.17) is 0 Å². The maximum absolute atomic E-state index is 13.2. The quantitative estimate of drug-likeness (QED) is 0.425. The summed E-state index contributed by atoms with van der Waals surface area (Å²) < 4.78 is 13.2. The molecule has 0 atom stereocenters. The molecule has 0 aliphatic heterocycles. The van der Waals surface area contributed by atoms with Crippen LogP contribution in [0, 0.1) is 21.3 Å². The van der Waals surface area contributed by atoms with Gasteiger partial charge in [0.1, 0.15) is 11.5 Å². The summed E-state index contributed by atoms with van der Waals surface area (Å²) in [5.74, 6) is -0.470. The van der Waals surface area contributed by atoms with Gasteiger partial charge >= 0.3 is 0 Å². The van der Waals surface area contributed by atoms with E-state index in [9.17, 15) is 14.5 Å². The number of hydrogen-bond acceptors (Lipinski definition) is 3. The minimum absolute atomic E-state index is 0.0232. The minimum atomic E-state index is -0.494. The van der Waals surface area contributed by atoms with Gasteiger partial charge < -0.3 is 5.32 Å². The van der Waals surface area contributed by atoms with Crippen molar-refractivity contribution in [2.45, 2.75) is 46.5 Å². The highest BCUT2D eigenvalue weighted by atomic mass is 19.1. The average Bonchev–Trinajstić information content (AvgIpc) is 2.36. The van der Waals surface area contributed by atoms with Crippen molar-refractivity contribution in [2.75, 3.05) is 11.9 Å². The van der Waals surface area contributed by atoms with Crippen LogP contribution in [0.2, 0.25) is 0 Å². The van der Waals surface area contributed by atoms with Gasteiger partial charge in [-0.2, -0.15) is 0 Å². The molecule has 0 unspecified atom stereocenters. The van der Waals surface area contributed by atoms with Crippen LogP contribution in [0.4, 0.5) is 15.8 Å². The number of rotatable bonds is 8. The Bertz CT molecular complexity index is 461. The van der Waals surface area contributed by atoms with E-state index in [1.165, 1.54) is 25.0 Å². The summed E-state index contributed by atoms with van der Waals surface area (Å²) in [4.78, 5) is 10.4. The maximum atomic E-state index is 13.2. The van der Waals surface area contributed by atoms with Crippen molar-refractivity contribution in [3.8, 4) is 0 Å². The molecule has 0 aromatic heterocycles. The number of nitro benzene ring substituents is 1. The van der Waals surface area contributed by atoms with Crippen LogP contribution in [0.15, 0.2) is 18.2 Å². The van der Waals surface area contributed by atoms with Crippen LogP contribution < -0.4 is 5.32 Å². The fourth-order valence-electron chi connectivity index (χ4n) is 2.09. The Morgan fingerprint density at radius 2 is 2.05 bits per heavy atom. The Kier molecular flexibility index (Phi) is 5.92. The molecule has 4 nitrogen and oxygen atoms in total. The molecule has 0 amide bonds. The van der Waals surface area contributed by atoms with Crippen molar-refractivity contribution in [3.05, 3.63) is 34.1 Å². The summed E-state index contributed by atoms with van der Waals surface area (Å²) in [7, 11) is 0. The second-order valence-corrected chi connectivity index (χ2v) is 5.89.